The van der Waals surface area contributed by atoms with Crippen LogP contribution in [0.15, 0.2) is 63.9 Å². The van der Waals surface area contributed by atoms with Crippen LogP contribution in [0, 0.1) is 0 Å². The van der Waals surface area contributed by atoms with Crippen LogP contribution in [-0.4, -0.2) is 17.9 Å². The molecule has 1 amide bonds. The lowest BCUT2D eigenvalue weighted by atomic mass is 10.1. The molecule has 4 heteroatoms. The SMILES string of the molecule is CN(Cc1ccoc1)C(=O)c1ccc2cc(Br)ccc2c1. The highest BCUT2D eigenvalue weighted by Crippen LogP contribution is 2.21. The maximum absolute atomic E-state index is 12.5. The highest BCUT2D eigenvalue weighted by Gasteiger charge is 2.13. The van der Waals surface area contributed by atoms with E-state index in [-0.39, 0.29) is 5.91 Å². The van der Waals surface area contributed by atoms with Gasteiger partial charge in [-0.1, -0.05) is 28.1 Å². The van der Waals surface area contributed by atoms with Gasteiger partial charge < -0.3 is 9.32 Å². The van der Waals surface area contributed by atoms with E-state index in [4.69, 9.17) is 4.42 Å². The van der Waals surface area contributed by atoms with Crippen molar-refractivity contribution in [2.45, 2.75) is 6.54 Å². The van der Waals surface area contributed by atoms with E-state index < -0.39 is 0 Å². The molecule has 0 aliphatic heterocycles. The summed E-state index contributed by atoms with van der Waals surface area (Å²) in [5.74, 6) is 0.000943. The summed E-state index contributed by atoms with van der Waals surface area (Å²) >= 11 is 3.45. The molecule has 3 nitrogen and oxygen atoms in total. The second kappa shape index (κ2) is 5.74. The third-order valence-corrected chi connectivity index (χ3v) is 3.89. The number of nitrogens with zero attached hydrogens (tertiary/aromatic N) is 1. The Kier molecular flexibility index (Phi) is 3.80. The molecule has 0 fully saturated rings. The van der Waals surface area contributed by atoms with Gasteiger partial charge in [0, 0.05) is 29.2 Å². The number of amides is 1. The first-order valence-electron chi connectivity index (χ1n) is 6.59. The Morgan fingerprint density at radius 2 is 1.90 bits per heavy atom. The van der Waals surface area contributed by atoms with Gasteiger partial charge in [-0.25, -0.2) is 0 Å². The minimum absolute atomic E-state index is 0.000943. The smallest absolute Gasteiger partial charge is 0.253 e. The van der Waals surface area contributed by atoms with Crippen LogP contribution in [-0.2, 0) is 6.54 Å². The molecule has 0 saturated heterocycles. The van der Waals surface area contributed by atoms with Gasteiger partial charge in [0.1, 0.15) is 0 Å². The number of hydrogen-bond donors (Lipinski definition) is 0. The molecule has 0 radical (unpaired) electrons. The lowest BCUT2D eigenvalue weighted by Crippen LogP contribution is -2.25. The van der Waals surface area contributed by atoms with Gasteiger partial charge in [0.05, 0.1) is 12.5 Å². The zero-order valence-corrected chi connectivity index (χ0v) is 13.1. The summed E-state index contributed by atoms with van der Waals surface area (Å²) in [6, 6.07) is 13.6. The average molecular weight is 344 g/mol. The summed E-state index contributed by atoms with van der Waals surface area (Å²) in [6.07, 6.45) is 3.27. The molecule has 3 aromatic rings. The maximum Gasteiger partial charge on any atom is 0.253 e. The van der Waals surface area contributed by atoms with E-state index in [1.54, 1.807) is 24.5 Å². The predicted octanol–water partition coefficient (Wildman–Crippen LogP) is 4.47. The van der Waals surface area contributed by atoms with Gasteiger partial charge in [0.15, 0.2) is 0 Å². The lowest BCUT2D eigenvalue weighted by molar-refractivity contribution is 0.0785. The van der Waals surface area contributed by atoms with Gasteiger partial charge in [-0.3, -0.25) is 4.79 Å². The number of fused-ring (bicyclic) bond motifs is 1. The van der Waals surface area contributed by atoms with Crippen molar-refractivity contribution in [2.24, 2.45) is 0 Å². The van der Waals surface area contributed by atoms with Gasteiger partial charge in [-0.15, -0.1) is 0 Å². The predicted molar refractivity (Wildman–Crippen MR) is 86.2 cm³/mol. The quantitative estimate of drug-likeness (QED) is 0.703. The van der Waals surface area contributed by atoms with Crippen molar-refractivity contribution >= 4 is 32.6 Å². The molecule has 0 saturated carbocycles. The number of carbonyl (C=O) groups is 1. The van der Waals surface area contributed by atoms with Gasteiger partial charge in [-0.2, -0.15) is 0 Å². The lowest BCUT2D eigenvalue weighted by Gasteiger charge is -2.16. The summed E-state index contributed by atoms with van der Waals surface area (Å²) in [4.78, 5) is 14.2. The molecule has 0 N–H and O–H groups in total. The topological polar surface area (TPSA) is 33.5 Å². The summed E-state index contributed by atoms with van der Waals surface area (Å²) in [6.45, 7) is 0.535. The first-order chi connectivity index (χ1) is 10.1. The van der Waals surface area contributed by atoms with E-state index in [2.05, 4.69) is 15.9 Å². The van der Waals surface area contributed by atoms with Crippen molar-refractivity contribution in [1.29, 1.82) is 0 Å². The summed E-state index contributed by atoms with van der Waals surface area (Å²) in [5.41, 5.74) is 1.67. The molecular formula is C17H14BrNO2. The zero-order chi connectivity index (χ0) is 14.8. The minimum atomic E-state index is 0.000943. The Balaban J connectivity index is 1.85. The second-order valence-corrected chi connectivity index (χ2v) is 5.91. The Bertz CT molecular complexity index is 781. The zero-order valence-electron chi connectivity index (χ0n) is 11.5. The molecule has 1 heterocycles. The van der Waals surface area contributed by atoms with Gasteiger partial charge in [0.2, 0.25) is 0 Å². The Morgan fingerprint density at radius 3 is 2.67 bits per heavy atom. The molecule has 0 unspecified atom stereocenters. The Hall–Kier alpha value is -2.07. The third kappa shape index (κ3) is 3.00. The van der Waals surface area contributed by atoms with Crippen LogP contribution in [0.5, 0.6) is 0 Å². The van der Waals surface area contributed by atoms with E-state index in [0.717, 1.165) is 20.8 Å². The van der Waals surface area contributed by atoms with E-state index in [9.17, 15) is 4.79 Å². The highest BCUT2D eigenvalue weighted by molar-refractivity contribution is 9.10. The second-order valence-electron chi connectivity index (χ2n) is 5.00. The summed E-state index contributed by atoms with van der Waals surface area (Å²) < 4.78 is 6.06. The van der Waals surface area contributed by atoms with Crippen molar-refractivity contribution in [1.82, 2.24) is 4.90 Å². The average Bonchev–Trinajstić information content (AvgIpc) is 2.98. The number of benzene rings is 2. The largest absolute Gasteiger partial charge is 0.472 e. The third-order valence-electron chi connectivity index (χ3n) is 3.40. The number of furan rings is 1. The molecule has 0 spiro atoms. The summed E-state index contributed by atoms with van der Waals surface area (Å²) in [7, 11) is 1.79. The first-order valence-corrected chi connectivity index (χ1v) is 7.38. The van der Waals surface area contributed by atoms with Crippen LogP contribution in [0.2, 0.25) is 0 Å². The molecule has 0 aliphatic rings. The van der Waals surface area contributed by atoms with Crippen LogP contribution >= 0.6 is 15.9 Å². The Labute approximate surface area is 131 Å². The number of rotatable bonds is 3. The fourth-order valence-corrected chi connectivity index (χ4v) is 2.68. The number of hydrogen-bond acceptors (Lipinski definition) is 2. The van der Waals surface area contributed by atoms with Crippen molar-refractivity contribution < 1.29 is 9.21 Å². The van der Waals surface area contributed by atoms with Crippen molar-refractivity contribution in [3.63, 3.8) is 0 Å². The fourth-order valence-electron chi connectivity index (χ4n) is 2.30. The minimum Gasteiger partial charge on any atom is -0.472 e. The molecular weight excluding hydrogens is 330 g/mol. The first kappa shape index (κ1) is 13.9. The van der Waals surface area contributed by atoms with E-state index in [1.807, 2.05) is 42.5 Å². The van der Waals surface area contributed by atoms with Gasteiger partial charge in [-0.05, 0) is 41.1 Å². The van der Waals surface area contributed by atoms with Gasteiger partial charge >= 0.3 is 0 Å². The molecule has 21 heavy (non-hydrogen) atoms. The van der Waals surface area contributed by atoms with Gasteiger partial charge in [0.25, 0.3) is 5.91 Å². The monoisotopic (exact) mass is 343 g/mol. The molecule has 106 valence electrons. The highest BCUT2D eigenvalue weighted by atomic mass is 79.9. The molecule has 2 aromatic carbocycles. The van der Waals surface area contributed by atoms with Crippen LogP contribution in [0.3, 0.4) is 0 Å². The Morgan fingerprint density at radius 1 is 1.14 bits per heavy atom. The maximum atomic E-state index is 12.5. The number of carbonyl (C=O) groups excluding carboxylic acids is 1. The van der Waals surface area contributed by atoms with E-state index in [0.29, 0.717) is 12.1 Å². The fraction of sp³-hybridized carbons (Fsp3) is 0.118. The summed E-state index contributed by atoms with van der Waals surface area (Å²) in [5, 5.41) is 2.17. The van der Waals surface area contributed by atoms with Crippen LogP contribution < -0.4 is 0 Å². The van der Waals surface area contributed by atoms with Crippen molar-refractivity contribution in [2.75, 3.05) is 7.05 Å². The molecule has 0 atom stereocenters. The molecule has 3 rings (SSSR count). The van der Waals surface area contributed by atoms with Crippen LogP contribution in [0.25, 0.3) is 10.8 Å². The van der Waals surface area contributed by atoms with Crippen LogP contribution in [0.1, 0.15) is 15.9 Å². The van der Waals surface area contributed by atoms with E-state index in [1.165, 1.54) is 0 Å². The van der Waals surface area contributed by atoms with Crippen molar-refractivity contribution in [3.8, 4) is 0 Å². The normalized spacial score (nSPS) is 10.8. The molecule has 0 aliphatic carbocycles. The van der Waals surface area contributed by atoms with Crippen LogP contribution in [0.4, 0.5) is 0 Å². The molecule has 1 aromatic heterocycles. The standard InChI is InChI=1S/C17H14BrNO2/c1-19(10-12-6-7-21-11-12)17(20)15-3-2-14-9-16(18)5-4-13(14)8-15/h2-9,11H,10H2,1H3. The number of halogens is 1. The van der Waals surface area contributed by atoms with Crippen molar-refractivity contribution in [3.05, 3.63) is 70.6 Å². The van der Waals surface area contributed by atoms with E-state index >= 15 is 0 Å². The molecule has 0 bridgehead atoms.